The minimum Gasteiger partial charge on any atom is -0.314 e. The highest BCUT2D eigenvalue weighted by molar-refractivity contribution is 7.87. The van der Waals surface area contributed by atoms with Crippen molar-refractivity contribution in [1.82, 2.24) is 14.3 Å². The molecule has 0 aliphatic carbocycles. The predicted molar refractivity (Wildman–Crippen MR) is 77.1 cm³/mol. The number of hydrogen-bond acceptors (Lipinski definition) is 3. The summed E-state index contributed by atoms with van der Waals surface area (Å²) < 4.78 is 28.9. The van der Waals surface area contributed by atoms with E-state index < -0.39 is 10.2 Å². The van der Waals surface area contributed by atoms with Gasteiger partial charge in [0, 0.05) is 25.7 Å². The Kier molecular flexibility index (Phi) is 5.22. The van der Waals surface area contributed by atoms with Crippen LogP contribution in [0.3, 0.4) is 0 Å². The molecule has 5 nitrogen and oxygen atoms in total. The summed E-state index contributed by atoms with van der Waals surface area (Å²) in [5.74, 6) is 0.911. The van der Waals surface area contributed by atoms with E-state index in [0.29, 0.717) is 37.5 Å². The highest BCUT2D eigenvalue weighted by atomic mass is 32.2. The first-order valence-corrected chi connectivity index (χ1v) is 8.89. The lowest BCUT2D eigenvalue weighted by Crippen LogP contribution is -2.48. The summed E-state index contributed by atoms with van der Waals surface area (Å²) in [4.78, 5) is 0. The van der Waals surface area contributed by atoms with Crippen LogP contribution in [0, 0.1) is 11.8 Å². The van der Waals surface area contributed by atoms with Gasteiger partial charge in [-0.1, -0.05) is 13.8 Å². The Labute approximate surface area is 117 Å². The summed E-state index contributed by atoms with van der Waals surface area (Å²) >= 11 is 0. The van der Waals surface area contributed by atoms with Gasteiger partial charge in [-0.2, -0.15) is 12.7 Å². The minimum absolute atomic E-state index is 0.455. The molecule has 0 aromatic carbocycles. The Morgan fingerprint density at radius 1 is 1.26 bits per heavy atom. The molecule has 3 unspecified atom stereocenters. The summed E-state index contributed by atoms with van der Waals surface area (Å²) in [7, 11) is -3.29. The van der Waals surface area contributed by atoms with Crippen LogP contribution in [-0.2, 0) is 10.2 Å². The third-order valence-electron chi connectivity index (χ3n) is 4.11. The van der Waals surface area contributed by atoms with Gasteiger partial charge in [0.15, 0.2) is 0 Å². The van der Waals surface area contributed by atoms with Crippen LogP contribution in [0.15, 0.2) is 0 Å². The third kappa shape index (κ3) is 4.41. The summed E-state index contributed by atoms with van der Waals surface area (Å²) in [6, 6.07) is 0.488. The molecule has 0 aromatic rings. The molecule has 2 aliphatic heterocycles. The van der Waals surface area contributed by atoms with Gasteiger partial charge >= 0.3 is 0 Å². The Morgan fingerprint density at radius 2 is 1.95 bits per heavy atom. The molecule has 3 atom stereocenters. The van der Waals surface area contributed by atoms with Crippen LogP contribution in [0.2, 0.25) is 0 Å². The molecule has 2 aliphatic rings. The smallest absolute Gasteiger partial charge is 0.279 e. The number of hydrogen-bond donors (Lipinski definition) is 2. The number of piperidine rings is 1. The largest absolute Gasteiger partial charge is 0.314 e. The first kappa shape index (κ1) is 15.2. The van der Waals surface area contributed by atoms with E-state index in [4.69, 9.17) is 0 Å². The zero-order valence-electron chi connectivity index (χ0n) is 12.1. The van der Waals surface area contributed by atoms with Gasteiger partial charge in [-0.25, -0.2) is 4.72 Å². The van der Waals surface area contributed by atoms with Gasteiger partial charge in [-0.15, -0.1) is 0 Å². The fourth-order valence-corrected chi connectivity index (χ4v) is 4.72. The SMILES string of the molecule is CC1CC(C)CN(S(=O)(=O)NCCC2CCCN2)C1. The van der Waals surface area contributed by atoms with E-state index >= 15 is 0 Å². The maximum atomic E-state index is 12.2. The number of nitrogens with zero attached hydrogens (tertiary/aromatic N) is 1. The lowest BCUT2D eigenvalue weighted by molar-refractivity contribution is 0.220. The molecular weight excluding hydrogens is 262 g/mol. The van der Waals surface area contributed by atoms with Gasteiger partial charge in [0.25, 0.3) is 10.2 Å². The summed E-state index contributed by atoms with van der Waals surface area (Å²) in [5.41, 5.74) is 0. The summed E-state index contributed by atoms with van der Waals surface area (Å²) in [5, 5.41) is 3.39. The maximum absolute atomic E-state index is 12.2. The zero-order valence-corrected chi connectivity index (χ0v) is 12.9. The second-order valence-corrected chi connectivity index (χ2v) is 8.00. The molecule has 6 heteroatoms. The molecular formula is C13H27N3O2S. The normalized spacial score (nSPS) is 33.7. The summed E-state index contributed by atoms with van der Waals surface area (Å²) in [6.45, 7) is 7.17. The van der Waals surface area contributed by atoms with E-state index in [-0.39, 0.29) is 0 Å². The Hall–Kier alpha value is -0.170. The molecule has 2 N–H and O–H groups in total. The molecule has 19 heavy (non-hydrogen) atoms. The Bertz CT molecular complexity index is 369. The molecule has 2 heterocycles. The molecule has 112 valence electrons. The molecule has 2 fully saturated rings. The maximum Gasteiger partial charge on any atom is 0.279 e. The quantitative estimate of drug-likeness (QED) is 0.792. The number of nitrogens with one attached hydrogen (secondary N) is 2. The van der Waals surface area contributed by atoms with Crippen molar-refractivity contribution >= 4 is 10.2 Å². The average molecular weight is 289 g/mol. The second kappa shape index (κ2) is 6.52. The first-order valence-electron chi connectivity index (χ1n) is 7.45. The molecule has 0 saturated carbocycles. The first-order chi connectivity index (χ1) is 8.97. The van der Waals surface area contributed by atoms with Crippen LogP contribution in [0.4, 0.5) is 0 Å². The Balaban J connectivity index is 1.80. The number of rotatable bonds is 5. The van der Waals surface area contributed by atoms with Gasteiger partial charge in [0.1, 0.15) is 0 Å². The fraction of sp³-hybridized carbons (Fsp3) is 1.00. The van der Waals surface area contributed by atoms with E-state index in [2.05, 4.69) is 23.9 Å². The summed E-state index contributed by atoms with van der Waals surface area (Å²) in [6.07, 6.45) is 4.38. The van der Waals surface area contributed by atoms with E-state index in [1.54, 1.807) is 4.31 Å². The van der Waals surface area contributed by atoms with Crippen molar-refractivity contribution in [3.63, 3.8) is 0 Å². The van der Waals surface area contributed by atoms with Crippen molar-refractivity contribution in [2.75, 3.05) is 26.2 Å². The van der Waals surface area contributed by atoms with E-state index in [0.717, 1.165) is 19.4 Å². The van der Waals surface area contributed by atoms with Crippen molar-refractivity contribution in [3.8, 4) is 0 Å². The van der Waals surface area contributed by atoms with Crippen LogP contribution in [-0.4, -0.2) is 44.9 Å². The van der Waals surface area contributed by atoms with Crippen molar-refractivity contribution < 1.29 is 8.42 Å². The molecule has 2 saturated heterocycles. The van der Waals surface area contributed by atoms with Gasteiger partial charge in [0.2, 0.25) is 0 Å². The molecule has 0 aromatic heterocycles. The Morgan fingerprint density at radius 3 is 2.53 bits per heavy atom. The van der Waals surface area contributed by atoms with Crippen molar-refractivity contribution in [2.24, 2.45) is 11.8 Å². The van der Waals surface area contributed by atoms with Crippen LogP contribution in [0.1, 0.15) is 39.5 Å². The van der Waals surface area contributed by atoms with Gasteiger partial charge in [0.05, 0.1) is 0 Å². The predicted octanol–water partition coefficient (Wildman–Crippen LogP) is 0.941. The monoisotopic (exact) mass is 289 g/mol. The van der Waals surface area contributed by atoms with E-state index in [1.165, 1.54) is 12.8 Å². The van der Waals surface area contributed by atoms with Gasteiger partial charge in [-0.05, 0) is 44.1 Å². The van der Waals surface area contributed by atoms with Crippen LogP contribution in [0.25, 0.3) is 0 Å². The minimum atomic E-state index is -3.29. The van der Waals surface area contributed by atoms with E-state index in [9.17, 15) is 8.42 Å². The second-order valence-electron chi connectivity index (χ2n) is 6.24. The molecule has 0 spiro atoms. The average Bonchev–Trinajstić information content (AvgIpc) is 2.80. The fourth-order valence-electron chi connectivity index (χ4n) is 3.26. The lowest BCUT2D eigenvalue weighted by atomic mass is 9.94. The standard InChI is InChI=1S/C13H27N3O2S/c1-11-8-12(2)10-16(9-11)19(17,18)15-7-5-13-4-3-6-14-13/h11-15H,3-10H2,1-2H3. The van der Waals surface area contributed by atoms with Crippen LogP contribution >= 0.6 is 0 Å². The highest BCUT2D eigenvalue weighted by Crippen LogP contribution is 2.22. The van der Waals surface area contributed by atoms with Crippen LogP contribution < -0.4 is 10.0 Å². The topological polar surface area (TPSA) is 61.4 Å². The molecule has 0 radical (unpaired) electrons. The van der Waals surface area contributed by atoms with Gasteiger partial charge in [-0.3, -0.25) is 0 Å². The van der Waals surface area contributed by atoms with Crippen LogP contribution in [0.5, 0.6) is 0 Å². The molecule has 2 rings (SSSR count). The van der Waals surface area contributed by atoms with Crippen molar-refractivity contribution in [1.29, 1.82) is 0 Å². The molecule has 0 amide bonds. The van der Waals surface area contributed by atoms with Gasteiger partial charge < -0.3 is 5.32 Å². The molecule has 0 bridgehead atoms. The lowest BCUT2D eigenvalue weighted by Gasteiger charge is -2.34. The van der Waals surface area contributed by atoms with E-state index in [1.807, 2.05) is 0 Å². The van der Waals surface area contributed by atoms with Crippen molar-refractivity contribution in [3.05, 3.63) is 0 Å². The third-order valence-corrected chi connectivity index (χ3v) is 5.66. The highest BCUT2D eigenvalue weighted by Gasteiger charge is 2.30. The zero-order chi connectivity index (χ0) is 13.9. The van der Waals surface area contributed by atoms with Crippen molar-refractivity contribution in [2.45, 2.75) is 45.6 Å².